The first-order valence-corrected chi connectivity index (χ1v) is 8.40. The highest BCUT2D eigenvalue weighted by molar-refractivity contribution is 7.21. The lowest BCUT2D eigenvalue weighted by atomic mass is 9.90. The summed E-state index contributed by atoms with van der Waals surface area (Å²) in [5.74, 6) is -1.54. The average molecular weight is 351 g/mol. The van der Waals surface area contributed by atoms with Crippen LogP contribution in [-0.2, 0) is 16.1 Å². The summed E-state index contributed by atoms with van der Waals surface area (Å²) in [5, 5.41) is 9.74. The number of hydrogen-bond donors (Lipinski definition) is 1. The van der Waals surface area contributed by atoms with Gasteiger partial charge in [-0.1, -0.05) is 6.07 Å². The zero-order chi connectivity index (χ0) is 17.5. The quantitative estimate of drug-likeness (QED) is 0.919. The molecule has 0 unspecified atom stereocenters. The Morgan fingerprint density at radius 1 is 1.46 bits per heavy atom. The average Bonchev–Trinajstić information content (AvgIpc) is 3.11. The number of carboxylic acid groups (broad SMARTS) is 1. The number of carbonyl (C=O) groups excluding carboxylic acids is 1. The van der Waals surface area contributed by atoms with Gasteiger partial charge in [0.1, 0.15) is 5.82 Å². The number of halogens is 1. The Morgan fingerprint density at radius 3 is 2.83 bits per heavy atom. The van der Waals surface area contributed by atoms with E-state index in [-0.39, 0.29) is 24.9 Å². The van der Waals surface area contributed by atoms with Gasteiger partial charge >= 0.3 is 5.97 Å². The molecule has 1 aromatic heterocycles. The number of aliphatic carboxylic acids is 1. The van der Waals surface area contributed by atoms with Gasteiger partial charge in [0.05, 0.1) is 16.9 Å². The van der Waals surface area contributed by atoms with Crippen LogP contribution in [0.15, 0.2) is 18.2 Å². The van der Waals surface area contributed by atoms with Gasteiger partial charge in [-0.15, -0.1) is 11.3 Å². The van der Waals surface area contributed by atoms with Crippen molar-refractivity contribution in [1.82, 2.24) is 4.90 Å². The van der Waals surface area contributed by atoms with Crippen LogP contribution in [0.1, 0.15) is 28.6 Å². The number of nitrogens with zero attached hydrogens (tertiary/aromatic N) is 1. The number of fused-ring (bicyclic) bond motifs is 1. The number of carboxylic acids is 1. The van der Waals surface area contributed by atoms with Crippen molar-refractivity contribution >= 4 is 33.3 Å². The standard InChI is InChI=1S/C17H18FNO4S/c1-17(16(21)22)6-7-19(9-17)15(20)14-10(8-23-2)13-11(18)4-3-5-12(13)24-14/h3-5H,6-9H2,1-2H3,(H,21,22)/t17-/m1/s1. The lowest BCUT2D eigenvalue weighted by molar-refractivity contribution is -0.147. The number of likely N-dealkylation sites (tertiary alicyclic amines) is 1. The fourth-order valence-electron chi connectivity index (χ4n) is 3.07. The summed E-state index contributed by atoms with van der Waals surface area (Å²) in [5.41, 5.74) is -0.400. The smallest absolute Gasteiger partial charge is 0.311 e. The lowest BCUT2D eigenvalue weighted by Crippen LogP contribution is -2.34. The van der Waals surface area contributed by atoms with Gasteiger partial charge in [-0.05, 0) is 25.5 Å². The molecule has 2 aromatic rings. The first-order valence-electron chi connectivity index (χ1n) is 7.59. The molecule has 1 saturated heterocycles. The SMILES string of the molecule is COCc1c(C(=O)N2CC[C@@](C)(C(=O)O)C2)sc2cccc(F)c12. The van der Waals surface area contributed by atoms with E-state index in [1.807, 2.05) is 0 Å². The van der Waals surface area contributed by atoms with E-state index in [0.717, 1.165) is 0 Å². The second-order valence-electron chi connectivity index (χ2n) is 6.30. The van der Waals surface area contributed by atoms with Gasteiger partial charge in [0, 0.05) is 35.8 Å². The van der Waals surface area contributed by atoms with E-state index in [9.17, 15) is 19.1 Å². The van der Waals surface area contributed by atoms with Crippen LogP contribution >= 0.6 is 11.3 Å². The molecule has 1 aliphatic rings. The van der Waals surface area contributed by atoms with Gasteiger partial charge in [-0.3, -0.25) is 9.59 Å². The molecular weight excluding hydrogens is 333 g/mol. The Labute approximate surface area is 142 Å². The maximum absolute atomic E-state index is 14.2. The van der Waals surface area contributed by atoms with Gasteiger partial charge in [0.2, 0.25) is 0 Å². The Bertz CT molecular complexity index is 818. The Balaban J connectivity index is 2.00. The molecule has 1 aromatic carbocycles. The highest BCUT2D eigenvalue weighted by atomic mass is 32.1. The van der Waals surface area contributed by atoms with Crippen LogP contribution < -0.4 is 0 Å². The van der Waals surface area contributed by atoms with Crippen LogP contribution in [0.25, 0.3) is 10.1 Å². The molecular formula is C17H18FNO4S. The van der Waals surface area contributed by atoms with E-state index >= 15 is 0 Å². The minimum atomic E-state index is -0.932. The van der Waals surface area contributed by atoms with E-state index < -0.39 is 11.4 Å². The van der Waals surface area contributed by atoms with Crippen LogP contribution in [0.3, 0.4) is 0 Å². The monoisotopic (exact) mass is 351 g/mol. The van der Waals surface area contributed by atoms with Gasteiger partial charge in [0.15, 0.2) is 0 Å². The first kappa shape index (κ1) is 16.9. The first-order chi connectivity index (χ1) is 11.4. The molecule has 0 aliphatic carbocycles. The molecule has 0 radical (unpaired) electrons. The molecule has 0 saturated carbocycles. The molecule has 1 amide bonds. The third-order valence-electron chi connectivity index (χ3n) is 4.52. The third-order valence-corrected chi connectivity index (χ3v) is 5.71. The number of methoxy groups -OCH3 is 1. The van der Waals surface area contributed by atoms with Crippen LogP contribution in [-0.4, -0.2) is 42.1 Å². The highest BCUT2D eigenvalue weighted by Gasteiger charge is 2.43. The summed E-state index contributed by atoms with van der Waals surface area (Å²) in [4.78, 5) is 26.2. The molecule has 1 fully saturated rings. The van der Waals surface area contributed by atoms with Crippen molar-refractivity contribution < 1.29 is 23.8 Å². The molecule has 5 nitrogen and oxygen atoms in total. The van der Waals surface area contributed by atoms with Crippen molar-refractivity contribution in [1.29, 1.82) is 0 Å². The topological polar surface area (TPSA) is 66.8 Å². The molecule has 128 valence electrons. The molecule has 1 aliphatic heterocycles. The molecule has 2 heterocycles. The molecule has 3 rings (SSSR count). The molecule has 7 heteroatoms. The Hall–Kier alpha value is -1.99. The number of rotatable bonds is 4. The van der Waals surface area contributed by atoms with Crippen LogP contribution in [0.4, 0.5) is 4.39 Å². The number of benzene rings is 1. The normalized spacial score (nSPS) is 20.7. The summed E-state index contributed by atoms with van der Waals surface area (Å²) in [6, 6.07) is 4.74. The summed E-state index contributed by atoms with van der Waals surface area (Å²) >= 11 is 1.22. The van der Waals surface area contributed by atoms with Crippen LogP contribution in [0, 0.1) is 11.2 Å². The maximum Gasteiger partial charge on any atom is 0.311 e. The zero-order valence-corrected chi connectivity index (χ0v) is 14.3. The zero-order valence-electron chi connectivity index (χ0n) is 13.5. The minimum Gasteiger partial charge on any atom is -0.481 e. The van der Waals surface area contributed by atoms with Crippen LogP contribution in [0.2, 0.25) is 0 Å². The van der Waals surface area contributed by atoms with E-state index in [2.05, 4.69) is 0 Å². The van der Waals surface area contributed by atoms with E-state index in [1.165, 1.54) is 29.4 Å². The van der Waals surface area contributed by atoms with Gasteiger partial charge < -0.3 is 14.7 Å². The predicted octanol–water partition coefficient (Wildman–Crippen LogP) is 3.12. The van der Waals surface area contributed by atoms with E-state index in [4.69, 9.17) is 4.74 Å². The van der Waals surface area contributed by atoms with Crippen molar-refractivity contribution in [2.75, 3.05) is 20.2 Å². The number of amides is 1. The second-order valence-corrected chi connectivity index (χ2v) is 7.35. The highest BCUT2D eigenvalue weighted by Crippen LogP contribution is 2.37. The lowest BCUT2D eigenvalue weighted by Gasteiger charge is -2.20. The van der Waals surface area contributed by atoms with Gasteiger partial charge in [-0.2, -0.15) is 0 Å². The Morgan fingerprint density at radius 2 is 2.21 bits per heavy atom. The van der Waals surface area contributed by atoms with Crippen molar-refractivity contribution in [2.45, 2.75) is 20.0 Å². The summed E-state index contributed by atoms with van der Waals surface area (Å²) in [6.45, 7) is 2.31. The molecule has 0 spiro atoms. The van der Waals surface area contributed by atoms with Crippen molar-refractivity contribution in [2.24, 2.45) is 5.41 Å². The molecule has 1 N–H and O–H groups in total. The third kappa shape index (κ3) is 2.67. The van der Waals surface area contributed by atoms with E-state index in [1.54, 1.807) is 19.1 Å². The summed E-state index contributed by atoms with van der Waals surface area (Å²) in [7, 11) is 1.50. The van der Waals surface area contributed by atoms with Crippen molar-refractivity contribution in [3.63, 3.8) is 0 Å². The molecule has 1 atom stereocenters. The van der Waals surface area contributed by atoms with Gasteiger partial charge in [-0.25, -0.2) is 4.39 Å². The number of hydrogen-bond acceptors (Lipinski definition) is 4. The molecule has 24 heavy (non-hydrogen) atoms. The van der Waals surface area contributed by atoms with E-state index in [0.29, 0.717) is 33.5 Å². The van der Waals surface area contributed by atoms with Crippen molar-refractivity contribution in [3.8, 4) is 0 Å². The number of carbonyl (C=O) groups is 2. The Kier molecular flexibility index (Phi) is 4.31. The number of thiophene rings is 1. The fraction of sp³-hybridized carbons (Fsp3) is 0.412. The maximum atomic E-state index is 14.2. The fourth-order valence-corrected chi connectivity index (χ4v) is 4.26. The van der Waals surface area contributed by atoms with Crippen molar-refractivity contribution in [3.05, 3.63) is 34.5 Å². The largest absolute Gasteiger partial charge is 0.481 e. The number of ether oxygens (including phenoxy) is 1. The minimum absolute atomic E-state index is 0.131. The molecule has 0 bridgehead atoms. The predicted molar refractivity (Wildman–Crippen MR) is 88.8 cm³/mol. The van der Waals surface area contributed by atoms with Gasteiger partial charge in [0.25, 0.3) is 5.91 Å². The summed E-state index contributed by atoms with van der Waals surface area (Å²) < 4.78 is 20.0. The second kappa shape index (κ2) is 6.14. The van der Waals surface area contributed by atoms with Crippen LogP contribution in [0.5, 0.6) is 0 Å². The summed E-state index contributed by atoms with van der Waals surface area (Å²) in [6.07, 6.45) is 0.410.